The number of hydrogen-bond donors (Lipinski definition) is 1. The van der Waals surface area contributed by atoms with Gasteiger partial charge in [0.1, 0.15) is 0 Å². The lowest BCUT2D eigenvalue weighted by molar-refractivity contribution is 0.0698. The Morgan fingerprint density at radius 3 is 2.19 bits per heavy atom. The molecule has 1 fully saturated rings. The summed E-state index contributed by atoms with van der Waals surface area (Å²) in [6.45, 7) is 5.57. The Labute approximate surface area is 154 Å². The van der Waals surface area contributed by atoms with Crippen LogP contribution in [0.3, 0.4) is 0 Å². The molecule has 0 bridgehead atoms. The van der Waals surface area contributed by atoms with Gasteiger partial charge in [-0.15, -0.1) is 0 Å². The van der Waals surface area contributed by atoms with Crippen molar-refractivity contribution < 1.29 is 9.59 Å². The van der Waals surface area contributed by atoms with E-state index in [0.717, 1.165) is 12.8 Å². The molecule has 0 unspecified atom stereocenters. The molecule has 0 spiro atoms. The molecule has 26 heavy (non-hydrogen) atoms. The molecular formula is C21H25N3O2. The number of likely N-dealkylation sites (tertiary alicyclic amines) is 1. The normalized spacial score (nSPS) is 15.1. The van der Waals surface area contributed by atoms with Crippen LogP contribution in [0.15, 0.2) is 48.8 Å². The number of hydrogen-bond acceptors (Lipinski definition) is 3. The van der Waals surface area contributed by atoms with Crippen molar-refractivity contribution in [3.63, 3.8) is 0 Å². The summed E-state index contributed by atoms with van der Waals surface area (Å²) in [6, 6.07) is 11.4. The maximum atomic E-state index is 12.4. The molecule has 2 amide bonds. The van der Waals surface area contributed by atoms with Crippen LogP contribution in [0.2, 0.25) is 0 Å². The number of aromatic nitrogens is 1. The molecule has 1 aliphatic heterocycles. The topological polar surface area (TPSA) is 62.3 Å². The number of benzene rings is 1. The first-order chi connectivity index (χ1) is 12.5. The number of pyridine rings is 1. The van der Waals surface area contributed by atoms with Gasteiger partial charge in [-0.2, -0.15) is 0 Å². The van der Waals surface area contributed by atoms with E-state index in [4.69, 9.17) is 0 Å². The van der Waals surface area contributed by atoms with Crippen molar-refractivity contribution in [3.8, 4) is 0 Å². The van der Waals surface area contributed by atoms with E-state index in [1.807, 2.05) is 29.2 Å². The summed E-state index contributed by atoms with van der Waals surface area (Å²) in [5.41, 5.74) is 2.57. The summed E-state index contributed by atoms with van der Waals surface area (Å²) in [6.07, 6.45) is 4.80. The average Bonchev–Trinajstić information content (AvgIpc) is 2.68. The second kappa shape index (κ2) is 8.13. The molecule has 1 aliphatic rings. The molecule has 2 aromatic rings. The number of carbonyl (C=O) groups excluding carboxylic acids is 2. The molecule has 5 heteroatoms. The largest absolute Gasteiger partial charge is 0.349 e. The Balaban J connectivity index is 1.52. The van der Waals surface area contributed by atoms with Gasteiger partial charge in [0.2, 0.25) is 0 Å². The quantitative estimate of drug-likeness (QED) is 0.920. The summed E-state index contributed by atoms with van der Waals surface area (Å²) >= 11 is 0. The van der Waals surface area contributed by atoms with E-state index in [9.17, 15) is 9.59 Å². The molecule has 0 atom stereocenters. The van der Waals surface area contributed by atoms with Gasteiger partial charge in [-0.05, 0) is 48.6 Å². The van der Waals surface area contributed by atoms with Crippen molar-refractivity contribution in [2.75, 3.05) is 13.1 Å². The van der Waals surface area contributed by atoms with E-state index < -0.39 is 0 Å². The van der Waals surface area contributed by atoms with Crippen LogP contribution >= 0.6 is 0 Å². The average molecular weight is 351 g/mol. The number of carbonyl (C=O) groups is 2. The fourth-order valence-electron chi connectivity index (χ4n) is 3.19. The highest BCUT2D eigenvalue weighted by Gasteiger charge is 2.24. The molecule has 0 radical (unpaired) electrons. The van der Waals surface area contributed by atoms with Gasteiger partial charge in [0.25, 0.3) is 11.8 Å². The summed E-state index contributed by atoms with van der Waals surface area (Å²) in [5.74, 6) is 0.440. The molecule has 0 aliphatic carbocycles. The van der Waals surface area contributed by atoms with E-state index in [1.165, 1.54) is 5.56 Å². The van der Waals surface area contributed by atoms with Gasteiger partial charge in [-0.25, -0.2) is 0 Å². The van der Waals surface area contributed by atoms with E-state index in [1.54, 1.807) is 24.5 Å². The minimum atomic E-state index is -0.0424. The van der Waals surface area contributed by atoms with Crippen molar-refractivity contribution in [1.82, 2.24) is 15.2 Å². The predicted octanol–water partition coefficient (Wildman–Crippen LogP) is 3.24. The summed E-state index contributed by atoms with van der Waals surface area (Å²) in [4.78, 5) is 30.7. The molecular weight excluding hydrogens is 326 g/mol. The lowest BCUT2D eigenvalue weighted by Crippen LogP contribution is -2.46. The summed E-state index contributed by atoms with van der Waals surface area (Å²) in [7, 11) is 0. The second-order valence-electron chi connectivity index (χ2n) is 7.05. The standard InChI is InChI=1S/C21H25N3O2/c1-15(2)16-3-5-17(6-4-16)20(25)23-19-9-13-24(14-10-19)21(26)18-7-11-22-12-8-18/h3-8,11-12,15,19H,9-10,13-14H2,1-2H3,(H,23,25). The van der Waals surface area contributed by atoms with Crippen molar-refractivity contribution in [2.45, 2.75) is 38.6 Å². The Morgan fingerprint density at radius 1 is 1.00 bits per heavy atom. The fourth-order valence-corrected chi connectivity index (χ4v) is 3.19. The van der Waals surface area contributed by atoms with Crippen LogP contribution in [0.25, 0.3) is 0 Å². The molecule has 1 aromatic carbocycles. The Hall–Kier alpha value is -2.69. The highest BCUT2D eigenvalue weighted by Crippen LogP contribution is 2.17. The molecule has 1 saturated heterocycles. The molecule has 1 aromatic heterocycles. The van der Waals surface area contributed by atoms with Gasteiger partial charge < -0.3 is 10.2 Å². The van der Waals surface area contributed by atoms with Crippen LogP contribution in [0, 0.1) is 0 Å². The summed E-state index contributed by atoms with van der Waals surface area (Å²) < 4.78 is 0. The first kappa shape index (κ1) is 18.1. The van der Waals surface area contributed by atoms with E-state index >= 15 is 0 Å². The zero-order valence-electron chi connectivity index (χ0n) is 15.3. The third kappa shape index (κ3) is 4.28. The highest BCUT2D eigenvalue weighted by atomic mass is 16.2. The minimum Gasteiger partial charge on any atom is -0.349 e. The molecule has 3 rings (SSSR count). The van der Waals surface area contributed by atoms with Crippen LogP contribution in [0.5, 0.6) is 0 Å². The zero-order chi connectivity index (χ0) is 18.5. The molecule has 136 valence electrons. The third-order valence-corrected chi connectivity index (χ3v) is 4.88. The first-order valence-electron chi connectivity index (χ1n) is 9.14. The van der Waals surface area contributed by atoms with Crippen LogP contribution in [-0.2, 0) is 0 Å². The Kier molecular flexibility index (Phi) is 5.66. The molecule has 1 N–H and O–H groups in total. The van der Waals surface area contributed by atoms with E-state index in [-0.39, 0.29) is 17.9 Å². The predicted molar refractivity (Wildman–Crippen MR) is 101 cm³/mol. The van der Waals surface area contributed by atoms with Crippen molar-refractivity contribution >= 4 is 11.8 Å². The lowest BCUT2D eigenvalue weighted by atomic mass is 10.0. The minimum absolute atomic E-state index is 0.0291. The highest BCUT2D eigenvalue weighted by molar-refractivity contribution is 5.95. The number of rotatable bonds is 4. The monoisotopic (exact) mass is 351 g/mol. The first-order valence-corrected chi connectivity index (χ1v) is 9.14. The van der Waals surface area contributed by atoms with E-state index in [0.29, 0.717) is 30.1 Å². The van der Waals surface area contributed by atoms with Gasteiger partial charge >= 0.3 is 0 Å². The van der Waals surface area contributed by atoms with Gasteiger partial charge in [-0.3, -0.25) is 14.6 Å². The molecule has 5 nitrogen and oxygen atoms in total. The van der Waals surface area contributed by atoms with E-state index in [2.05, 4.69) is 24.1 Å². The Morgan fingerprint density at radius 2 is 1.62 bits per heavy atom. The third-order valence-electron chi connectivity index (χ3n) is 4.88. The van der Waals surface area contributed by atoms with Crippen molar-refractivity contribution in [2.24, 2.45) is 0 Å². The number of nitrogens with one attached hydrogen (secondary N) is 1. The smallest absolute Gasteiger partial charge is 0.253 e. The van der Waals surface area contributed by atoms with Gasteiger partial charge in [-0.1, -0.05) is 26.0 Å². The molecule has 2 heterocycles. The maximum Gasteiger partial charge on any atom is 0.253 e. The van der Waals surface area contributed by atoms with Crippen LogP contribution < -0.4 is 5.32 Å². The fraction of sp³-hybridized carbons (Fsp3) is 0.381. The second-order valence-corrected chi connectivity index (χ2v) is 7.05. The number of amides is 2. The van der Waals surface area contributed by atoms with Gasteiger partial charge in [0.15, 0.2) is 0 Å². The SMILES string of the molecule is CC(C)c1ccc(C(=O)NC2CCN(C(=O)c3ccncc3)CC2)cc1. The Bertz CT molecular complexity index is 749. The zero-order valence-corrected chi connectivity index (χ0v) is 15.3. The van der Waals surface area contributed by atoms with Crippen LogP contribution in [-0.4, -0.2) is 40.8 Å². The van der Waals surface area contributed by atoms with Gasteiger partial charge in [0.05, 0.1) is 0 Å². The number of nitrogens with zero attached hydrogens (tertiary/aromatic N) is 2. The van der Waals surface area contributed by atoms with Gasteiger partial charge in [0, 0.05) is 42.7 Å². The lowest BCUT2D eigenvalue weighted by Gasteiger charge is -2.32. The van der Waals surface area contributed by atoms with Crippen molar-refractivity contribution in [3.05, 3.63) is 65.5 Å². The van der Waals surface area contributed by atoms with Crippen LogP contribution in [0.1, 0.15) is 58.9 Å². The van der Waals surface area contributed by atoms with Crippen LogP contribution in [0.4, 0.5) is 0 Å². The maximum absolute atomic E-state index is 12.4. The number of piperidine rings is 1. The van der Waals surface area contributed by atoms with Crippen molar-refractivity contribution in [1.29, 1.82) is 0 Å². The molecule has 0 saturated carbocycles. The summed E-state index contributed by atoms with van der Waals surface area (Å²) in [5, 5.41) is 3.10.